The van der Waals surface area contributed by atoms with Gasteiger partial charge in [-0.15, -0.1) is 0 Å². The van der Waals surface area contributed by atoms with Gasteiger partial charge in [0.1, 0.15) is 5.60 Å². The number of carboxylic acid groups (broad SMARTS) is 1. The molecule has 7 heteroatoms. The van der Waals surface area contributed by atoms with Crippen molar-refractivity contribution in [3.63, 3.8) is 0 Å². The molecule has 0 aliphatic rings. The minimum atomic E-state index is -1.48. The molecule has 0 atom stereocenters. The maximum absolute atomic E-state index is 13.8. The molecule has 1 aromatic carbocycles. The van der Waals surface area contributed by atoms with Gasteiger partial charge < -0.3 is 9.84 Å². The SMILES string of the molecule is CC(C)(C)OC(=O)Nc1cc(Cl)cc(C(=O)O)c1F. The standard InChI is InChI=1S/C12H13ClFNO4/c1-12(2,3)19-11(18)15-8-5-6(13)4-7(9(8)14)10(16)17/h4-5H,1-3H3,(H,15,18)(H,16,17). The van der Waals surface area contributed by atoms with Crippen LogP contribution in [0, 0.1) is 5.82 Å². The number of anilines is 1. The summed E-state index contributed by atoms with van der Waals surface area (Å²) in [4.78, 5) is 22.3. The van der Waals surface area contributed by atoms with Gasteiger partial charge in [-0.1, -0.05) is 11.6 Å². The van der Waals surface area contributed by atoms with Gasteiger partial charge in [-0.3, -0.25) is 5.32 Å². The Bertz CT molecular complexity index is 525. The van der Waals surface area contributed by atoms with Gasteiger partial charge in [0.15, 0.2) is 5.82 Å². The Labute approximate surface area is 114 Å². The molecule has 1 amide bonds. The Kier molecular flexibility index (Phi) is 4.36. The van der Waals surface area contributed by atoms with E-state index in [1.807, 2.05) is 0 Å². The van der Waals surface area contributed by atoms with E-state index < -0.39 is 29.0 Å². The van der Waals surface area contributed by atoms with Crippen LogP contribution in [-0.4, -0.2) is 22.8 Å². The van der Waals surface area contributed by atoms with E-state index in [1.165, 1.54) is 0 Å². The van der Waals surface area contributed by atoms with Crippen LogP contribution in [0.25, 0.3) is 0 Å². The number of carboxylic acids is 1. The molecule has 0 saturated carbocycles. The highest BCUT2D eigenvalue weighted by atomic mass is 35.5. The van der Waals surface area contributed by atoms with Crippen molar-refractivity contribution >= 4 is 29.4 Å². The molecule has 0 radical (unpaired) electrons. The molecular weight excluding hydrogens is 277 g/mol. The van der Waals surface area contributed by atoms with Crippen LogP contribution in [0.1, 0.15) is 31.1 Å². The number of aromatic carboxylic acids is 1. The third-order valence-corrected chi connectivity index (χ3v) is 2.12. The highest BCUT2D eigenvalue weighted by Crippen LogP contribution is 2.24. The number of carbonyl (C=O) groups excluding carboxylic acids is 1. The summed E-state index contributed by atoms with van der Waals surface area (Å²) < 4.78 is 18.7. The van der Waals surface area contributed by atoms with Gasteiger partial charge in [-0.05, 0) is 32.9 Å². The zero-order valence-electron chi connectivity index (χ0n) is 10.6. The Morgan fingerprint density at radius 2 is 1.95 bits per heavy atom. The number of amides is 1. The van der Waals surface area contributed by atoms with Crippen LogP contribution >= 0.6 is 11.6 Å². The maximum Gasteiger partial charge on any atom is 0.412 e. The largest absolute Gasteiger partial charge is 0.478 e. The second-order valence-electron chi connectivity index (χ2n) is 4.75. The molecule has 0 aromatic heterocycles. The average Bonchev–Trinajstić information content (AvgIpc) is 2.19. The second-order valence-corrected chi connectivity index (χ2v) is 5.18. The van der Waals surface area contributed by atoms with Crippen molar-refractivity contribution in [1.29, 1.82) is 0 Å². The van der Waals surface area contributed by atoms with E-state index in [1.54, 1.807) is 20.8 Å². The van der Waals surface area contributed by atoms with Crippen molar-refractivity contribution in [3.8, 4) is 0 Å². The molecule has 1 rings (SSSR count). The lowest BCUT2D eigenvalue weighted by Crippen LogP contribution is -2.27. The molecule has 0 bridgehead atoms. The first-order chi connectivity index (χ1) is 8.60. The molecule has 0 fully saturated rings. The Morgan fingerprint density at radius 1 is 1.37 bits per heavy atom. The number of halogens is 2. The lowest BCUT2D eigenvalue weighted by molar-refractivity contribution is 0.0631. The first kappa shape index (κ1) is 15.2. The Balaban J connectivity index is 3.02. The highest BCUT2D eigenvalue weighted by Gasteiger charge is 2.20. The van der Waals surface area contributed by atoms with E-state index in [4.69, 9.17) is 21.4 Å². The van der Waals surface area contributed by atoms with Crippen LogP contribution in [0.3, 0.4) is 0 Å². The first-order valence-corrected chi connectivity index (χ1v) is 5.70. The van der Waals surface area contributed by atoms with E-state index in [9.17, 15) is 14.0 Å². The lowest BCUT2D eigenvalue weighted by atomic mass is 10.2. The topological polar surface area (TPSA) is 75.6 Å². The molecule has 0 unspecified atom stereocenters. The lowest BCUT2D eigenvalue weighted by Gasteiger charge is -2.20. The van der Waals surface area contributed by atoms with E-state index in [2.05, 4.69) is 5.32 Å². The monoisotopic (exact) mass is 289 g/mol. The summed E-state index contributed by atoms with van der Waals surface area (Å²) in [5, 5.41) is 10.9. The van der Waals surface area contributed by atoms with Gasteiger partial charge in [0.2, 0.25) is 0 Å². The summed E-state index contributed by atoms with van der Waals surface area (Å²) in [5.74, 6) is -2.56. The smallest absolute Gasteiger partial charge is 0.412 e. The summed E-state index contributed by atoms with van der Waals surface area (Å²) in [6, 6.07) is 2.06. The summed E-state index contributed by atoms with van der Waals surface area (Å²) in [6.07, 6.45) is -0.898. The highest BCUT2D eigenvalue weighted by molar-refractivity contribution is 6.31. The van der Waals surface area contributed by atoms with Gasteiger partial charge in [-0.25, -0.2) is 14.0 Å². The molecule has 19 heavy (non-hydrogen) atoms. The average molecular weight is 290 g/mol. The fraction of sp³-hybridized carbons (Fsp3) is 0.333. The molecule has 0 heterocycles. The minimum absolute atomic E-state index is 0.00939. The van der Waals surface area contributed by atoms with Gasteiger partial charge in [0, 0.05) is 5.02 Å². The molecule has 104 valence electrons. The van der Waals surface area contributed by atoms with Gasteiger partial charge in [0.05, 0.1) is 11.3 Å². The number of nitrogens with one attached hydrogen (secondary N) is 1. The van der Waals surface area contributed by atoms with Crippen LogP contribution in [0.2, 0.25) is 5.02 Å². The van der Waals surface area contributed by atoms with Crippen molar-refractivity contribution in [3.05, 3.63) is 28.5 Å². The van der Waals surface area contributed by atoms with Crippen LogP contribution in [0.15, 0.2) is 12.1 Å². The first-order valence-electron chi connectivity index (χ1n) is 5.32. The predicted octanol–water partition coefficient (Wildman–Crippen LogP) is 3.52. The van der Waals surface area contributed by atoms with Crippen molar-refractivity contribution in [2.75, 3.05) is 5.32 Å². The van der Waals surface area contributed by atoms with Crippen molar-refractivity contribution in [2.24, 2.45) is 0 Å². The van der Waals surface area contributed by atoms with Gasteiger partial charge >= 0.3 is 12.1 Å². The molecule has 1 aromatic rings. The zero-order valence-corrected chi connectivity index (χ0v) is 11.3. The Morgan fingerprint density at radius 3 is 2.42 bits per heavy atom. The van der Waals surface area contributed by atoms with Crippen LogP contribution in [-0.2, 0) is 4.74 Å². The zero-order chi connectivity index (χ0) is 14.8. The molecule has 5 nitrogen and oxygen atoms in total. The van der Waals surface area contributed by atoms with Crippen LogP contribution in [0.4, 0.5) is 14.9 Å². The fourth-order valence-electron chi connectivity index (χ4n) is 1.25. The number of rotatable bonds is 2. The molecule has 0 aliphatic heterocycles. The maximum atomic E-state index is 13.8. The van der Waals surface area contributed by atoms with Crippen LogP contribution < -0.4 is 5.32 Å². The number of hydrogen-bond acceptors (Lipinski definition) is 3. The summed E-state index contributed by atoms with van der Waals surface area (Å²) in [5.41, 5.74) is -1.73. The van der Waals surface area contributed by atoms with Gasteiger partial charge in [-0.2, -0.15) is 0 Å². The number of benzene rings is 1. The fourth-order valence-corrected chi connectivity index (χ4v) is 1.47. The summed E-state index contributed by atoms with van der Waals surface area (Å²) in [7, 11) is 0. The Hall–Kier alpha value is -1.82. The van der Waals surface area contributed by atoms with Crippen molar-refractivity contribution in [2.45, 2.75) is 26.4 Å². The molecule has 0 saturated heterocycles. The number of hydrogen-bond donors (Lipinski definition) is 2. The quantitative estimate of drug-likeness (QED) is 0.873. The van der Waals surface area contributed by atoms with E-state index in [0.717, 1.165) is 12.1 Å². The van der Waals surface area contributed by atoms with E-state index in [-0.39, 0.29) is 10.7 Å². The third kappa shape index (κ3) is 4.40. The predicted molar refractivity (Wildman–Crippen MR) is 68.2 cm³/mol. The van der Waals surface area contributed by atoms with Crippen molar-refractivity contribution in [1.82, 2.24) is 0 Å². The molecule has 0 aliphatic carbocycles. The molecule has 2 N–H and O–H groups in total. The van der Waals surface area contributed by atoms with Gasteiger partial charge in [0.25, 0.3) is 0 Å². The van der Waals surface area contributed by atoms with E-state index in [0.29, 0.717) is 0 Å². The number of ether oxygens (including phenoxy) is 1. The normalized spacial score (nSPS) is 11.0. The molecular formula is C12H13ClFNO4. The summed E-state index contributed by atoms with van der Waals surface area (Å²) >= 11 is 5.66. The van der Waals surface area contributed by atoms with E-state index >= 15 is 0 Å². The minimum Gasteiger partial charge on any atom is -0.478 e. The second kappa shape index (κ2) is 5.44. The van der Waals surface area contributed by atoms with Crippen molar-refractivity contribution < 1.29 is 23.8 Å². The molecule has 0 spiro atoms. The number of carbonyl (C=O) groups is 2. The van der Waals surface area contributed by atoms with Crippen LogP contribution in [0.5, 0.6) is 0 Å². The summed E-state index contributed by atoms with van der Waals surface area (Å²) in [6.45, 7) is 4.93. The third-order valence-electron chi connectivity index (χ3n) is 1.90.